The molecule has 1 aliphatic carbocycles. The van der Waals surface area contributed by atoms with Crippen molar-refractivity contribution in [2.45, 2.75) is 43.9 Å². The van der Waals surface area contributed by atoms with Crippen molar-refractivity contribution in [2.75, 3.05) is 12.3 Å². The van der Waals surface area contributed by atoms with Gasteiger partial charge in [0, 0.05) is 11.8 Å². The number of rotatable bonds is 3. The zero-order chi connectivity index (χ0) is 11.4. The molecule has 0 aromatic carbocycles. The van der Waals surface area contributed by atoms with Crippen LogP contribution in [0.25, 0.3) is 0 Å². The molecule has 0 aromatic heterocycles. The average Bonchev–Trinajstić information content (AvgIpc) is 2.90. The fraction of sp³-hybridized carbons (Fsp3) is 0.818. The van der Waals surface area contributed by atoms with Crippen molar-refractivity contribution in [3.63, 3.8) is 0 Å². The van der Waals surface area contributed by atoms with E-state index in [4.69, 9.17) is 0 Å². The first-order valence-electron chi connectivity index (χ1n) is 5.90. The second kappa shape index (κ2) is 5.96. The second-order valence-electron chi connectivity index (χ2n) is 4.25. The molecule has 0 aromatic rings. The predicted molar refractivity (Wildman–Crippen MR) is 72.2 cm³/mol. The van der Waals surface area contributed by atoms with Crippen molar-refractivity contribution in [3.05, 3.63) is 0 Å². The molecule has 16 heavy (non-hydrogen) atoms. The molecular formula is C11H18N2OS2. The Kier molecular flexibility index (Phi) is 4.58. The molecule has 90 valence electrons. The minimum Gasteiger partial charge on any atom is -0.352 e. The normalized spacial score (nSPS) is 23.2. The Morgan fingerprint density at radius 2 is 2.31 bits per heavy atom. The van der Waals surface area contributed by atoms with Crippen LogP contribution in [-0.4, -0.2) is 33.9 Å². The molecule has 0 bridgehead atoms. The van der Waals surface area contributed by atoms with Crippen LogP contribution in [0, 0.1) is 0 Å². The first kappa shape index (κ1) is 12.3. The first-order chi connectivity index (χ1) is 7.75. The molecule has 1 amide bonds. The molecule has 5 heteroatoms. The third-order valence-electron chi connectivity index (χ3n) is 2.91. The van der Waals surface area contributed by atoms with Gasteiger partial charge in [0.05, 0.1) is 11.8 Å². The summed E-state index contributed by atoms with van der Waals surface area (Å²) < 4.78 is 1.08. The zero-order valence-electron chi connectivity index (χ0n) is 9.57. The van der Waals surface area contributed by atoms with Gasteiger partial charge in [-0.2, -0.15) is 0 Å². The van der Waals surface area contributed by atoms with Gasteiger partial charge in [-0.25, -0.2) is 0 Å². The number of aliphatic imine (C=N–C) groups is 1. The van der Waals surface area contributed by atoms with E-state index in [1.165, 1.54) is 12.8 Å². The monoisotopic (exact) mass is 258 g/mol. The molecule has 3 nitrogen and oxygen atoms in total. The van der Waals surface area contributed by atoms with Crippen LogP contribution in [0.2, 0.25) is 0 Å². The van der Waals surface area contributed by atoms with Crippen molar-refractivity contribution >= 4 is 33.8 Å². The van der Waals surface area contributed by atoms with Crippen LogP contribution in [0.5, 0.6) is 0 Å². The van der Waals surface area contributed by atoms with Crippen molar-refractivity contribution in [1.82, 2.24) is 5.32 Å². The molecule has 1 heterocycles. The predicted octanol–water partition coefficient (Wildman–Crippen LogP) is 2.27. The Morgan fingerprint density at radius 1 is 1.56 bits per heavy atom. The summed E-state index contributed by atoms with van der Waals surface area (Å²) in [5.41, 5.74) is 0. The maximum Gasteiger partial charge on any atom is 0.233 e. The second-order valence-corrected chi connectivity index (χ2v) is 6.92. The molecule has 1 saturated carbocycles. The number of nitrogens with one attached hydrogen (secondary N) is 1. The topological polar surface area (TPSA) is 41.5 Å². The Labute approximate surface area is 105 Å². The first-order valence-corrected chi connectivity index (χ1v) is 7.76. The van der Waals surface area contributed by atoms with Gasteiger partial charge in [-0.1, -0.05) is 36.4 Å². The zero-order valence-corrected chi connectivity index (χ0v) is 11.2. The molecule has 1 fully saturated rings. The van der Waals surface area contributed by atoms with Gasteiger partial charge in [0.25, 0.3) is 0 Å². The van der Waals surface area contributed by atoms with Gasteiger partial charge in [0.15, 0.2) is 0 Å². The fourth-order valence-electron chi connectivity index (χ4n) is 1.98. The summed E-state index contributed by atoms with van der Waals surface area (Å²) in [6, 6.07) is 0.425. The van der Waals surface area contributed by atoms with Gasteiger partial charge in [0.2, 0.25) is 5.91 Å². The lowest BCUT2D eigenvalue weighted by atomic mass is 10.2. The van der Waals surface area contributed by atoms with Gasteiger partial charge in [-0.05, 0) is 19.8 Å². The van der Waals surface area contributed by atoms with Crippen LogP contribution in [0.15, 0.2) is 4.99 Å². The molecular weight excluding hydrogens is 240 g/mol. The number of nitrogens with zero attached hydrogens (tertiary/aromatic N) is 1. The van der Waals surface area contributed by atoms with E-state index in [0.717, 1.165) is 29.5 Å². The summed E-state index contributed by atoms with van der Waals surface area (Å²) in [6.45, 7) is 2.88. The van der Waals surface area contributed by atoms with E-state index >= 15 is 0 Å². The summed E-state index contributed by atoms with van der Waals surface area (Å²) in [4.78, 5) is 16.2. The van der Waals surface area contributed by atoms with E-state index in [1.807, 2.05) is 6.92 Å². The summed E-state index contributed by atoms with van der Waals surface area (Å²) in [6.07, 6.45) is 4.82. The van der Waals surface area contributed by atoms with E-state index in [2.05, 4.69) is 10.3 Å². The molecule has 0 unspecified atom stereocenters. The number of hydrogen-bond donors (Lipinski definition) is 1. The summed E-state index contributed by atoms with van der Waals surface area (Å²) in [5, 5.41) is 3.12. The maximum atomic E-state index is 11.9. The Morgan fingerprint density at radius 3 is 2.94 bits per heavy atom. The van der Waals surface area contributed by atoms with E-state index in [9.17, 15) is 4.79 Å². The minimum absolute atomic E-state index is 0.00931. The van der Waals surface area contributed by atoms with Gasteiger partial charge >= 0.3 is 0 Å². The smallest absolute Gasteiger partial charge is 0.233 e. The standard InChI is InChI=1S/C11H18N2OS2/c1-8(16-11-12-6-7-15-11)10(14)13-9-4-2-3-5-9/h8-9H,2-7H2,1H3,(H,13,14)/t8-/m0/s1. The van der Waals surface area contributed by atoms with E-state index in [0.29, 0.717) is 6.04 Å². The van der Waals surface area contributed by atoms with E-state index in [1.54, 1.807) is 23.5 Å². The molecule has 0 radical (unpaired) electrons. The van der Waals surface area contributed by atoms with Crippen LogP contribution in [0.1, 0.15) is 32.6 Å². The molecule has 1 atom stereocenters. The molecule has 0 spiro atoms. The molecule has 2 aliphatic rings. The van der Waals surface area contributed by atoms with E-state index in [-0.39, 0.29) is 11.2 Å². The SMILES string of the molecule is C[C@H](SC1=NCCS1)C(=O)NC1CCCC1. The Hall–Kier alpha value is -0.160. The Balaban J connectivity index is 1.74. The van der Waals surface area contributed by atoms with Crippen LogP contribution >= 0.6 is 23.5 Å². The molecule has 1 N–H and O–H groups in total. The number of amides is 1. The highest BCUT2D eigenvalue weighted by Gasteiger charge is 2.22. The van der Waals surface area contributed by atoms with Gasteiger partial charge < -0.3 is 5.32 Å². The van der Waals surface area contributed by atoms with Crippen LogP contribution < -0.4 is 5.32 Å². The molecule has 2 rings (SSSR count). The number of carbonyl (C=O) groups excluding carboxylic acids is 1. The van der Waals surface area contributed by atoms with E-state index < -0.39 is 0 Å². The maximum absolute atomic E-state index is 11.9. The third-order valence-corrected chi connectivity index (χ3v) is 5.21. The van der Waals surface area contributed by atoms with Gasteiger partial charge in [-0.3, -0.25) is 9.79 Å². The lowest BCUT2D eigenvalue weighted by molar-refractivity contribution is -0.120. The van der Waals surface area contributed by atoms with Crippen molar-refractivity contribution in [3.8, 4) is 0 Å². The minimum atomic E-state index is -0.00931. The van der Waals surface area contributed by atoms with Crippen LogP contribution in [-0.2, 0) is 4.79 Å². The highest BCUT2D eigenvalue weighted by atomic mass is 32.2. The highest BCUT2D eigenvalue weighted by molar-refractivity contribution is 8.39. The molecule has 0 saturated heterocycles. The molecule has 1 aliphatic heterocycles. The highest BCUT2D eigenvalue weighted by Crippen LogP contribution is 2.26. The van der Waals surface area contributed by atoms with Gasteiger partial charge in [-0.15, -0.1) is 0 Å². The Bertz CT molecular complexity index is 288. The summed E-state index contributed by atoms with van der Waals surface area (Å²) >= 11 is 3.36. The third kappa shape index (κ3) is 3.42. The van der Waals surface area contributed by atoms with Gasteiger partial charge in [0.1, 0.15) is 4.38 Å². The van der Waals surface area contributed by atoms with Crippen LogP contribution in [0.3, 0.4) is 0 Å². The average molecular weight is 258 g/mol. The van der Waals surface area contributed by atoms with Crippen molar-refractivity contribution in [1.29, 1.82) is 0 Å². The quantitative estimate of drug-likeness (QED) is 0.844. The lowest BCUT2D eigenvalue weighted by Crippen LogP contribution is -2.37. The van der Waals surface area contributed by atoms with Crippen molar-refractivity contribution < 1.29 is 4.79 Å². The fourth-order valence-corrected chi connectivity index (χ4v) is 4.12. The largest absolute Gasteiger partial charge is 0.352 e. The van der Waals surface area contributed by atoms with Crippen molar-refractivity contribution in [2.24, 2.45) is 4.99 Å². The summed E-state index contributed by atoms with van der Waals surface area (Å²) in [7, 11) is 0. The summed E-state index contributed by atoms with van der Waals surface area (Å²) in [5.74, 6) is 1.24. The lowest BCUT2D eigenvalue weighted by Gasteiger charge is -2.15. The number of hydrogen-bond acceptors (Lipinski definition) is 4. The number of carbonyl (C=O) groups is 1. The number of thioether (sulfide) groups is 2. The van der Waals surface area contributed by atoms with Crippen LogP contribution in [0.4, 0.5) is 0 Å².